The van der Waals surface area contributed by atoms with Crippen molar-refractivity contribution in [3.63, 3.8) is 0 Å². The van der Waals surface area contributed by atoms with Gasteiger partial charge in [-0.15, -0.1) is 0 Å². The molecule has 2 heteroatoms. The molecule has 0 spiro atoms. The first-order valence-electron chi connectivity index (χ1n) is 5.60. The molecule has 0 atom stereocenters. The van der Waals surface area contributed by atoms with E-state index in [0.29, 0.717) is 11.1 Å². The molecule has 0 bridgehead atoms. The second-order valence-corrected chi connectivity index (χ2v) is 3.89. The number of ketones is 1. The van der Waals surface area contributed by atoms with Crippen molar-refractivity contribution in [3.05, 3.63) is 71.0 Å². The van der Waals surface area contributed by atoms with Crippen LogP contribution < -0.4 is 0 Å². The van der Waals surface area contributed by atoms with Gasteiger partial charge in [0.2, 0.25) is 0 Å². The summed E-state index contributed by atoms with van der Waals surface area (Å²) in [6, 6.07) is 13.2. The van der Waals surface area contributed by atoms with Crippen molar-refractivity contribution >= 4 is 5.78 Å². The maximum absolute atomic E-state index is 13.0. The molecule has 0 radical (unpaired) electrons. The number of halogens is 1. The highest BCUT2D eigenvalue weighted by atomic mass is 19.1. The third-order valence-corrected chi connectivity index (χ3v) is 2.68. The molecule has 0 N–H and O–H groups in total. The number of benzene rings is 2. The molecule has 1 nitrogen and oxygen atoms in total. The predicted octanol–water partition coefficient (Wildman–Crippen LogP) is 3.62. The Morgan fingerprint density at radius 3 is 2.35 bits per heavy atom. The zero-order valence-electron chi connectivity index (χ0n) is 9.61. The summed E-state index contributed by atoms with van der Waals surface area (Å²) in [5, 5.41) is 0. The summed E-state index contributed by atoms with van der Waals surface area (Å²) in [5.74, 6) is -0.526. The number of carbonyl (C=O) groups is 1. The fraction of sp³-hybridized carbons (Fsp3) is 0.133. The second-order valence-electron chi connectivity index (χ2n) is 3.89. The van der Waals surface area contributed by atoms with E-state index in [1.54, 1.807) is 18.2 Å². The summed E-state index contributed by atoms with van der Waals surface area (Å²) >= 11 is 0. The van der Waals surface area contributed by atoms with Crippen LogP contribution in [0.25, 0.3) is 0 Å². The number of hydrogen-bond acceptors (Lipinski definition) is 1. The Kier molecular flexibility index (Phi) is 3.33. The molecule has 0 aliphatic rings. The largest absolute Gasteiger partial charge is 0.289 e. The van der Waals surface area contributed by atoms with Gasteiger partial charge in [0, 0.05) is 11.1 Å². The van der Waals surface area contributed by atoms with Gasteiger partial charge >= 0.3 is 0 Å². The van der Waals surface area contributed by atoms with Crippen LogP contribution in [0.2, 0.25) is 0 Å². The highest BCUT2D eigenvalue weighted by molar-refractivity contribution is 6.09. The molecule has 0 aliphatic carbocycles. The highest BCUT2D eigenvalue weighted by Crippen LogP contribution is 2.13. The molecular weight excluding hydrogens is 215 g/mol. The van der Waals surface area contributed by atoms with Gasteiger partial charge in [-0.3, -0.25) is 4.79 Å². The van der Waals surface area contributed by atoms with E-state index in [4.69, 9.17) is 0 Å². The Bertz CT molecular complexity index is 546. The number of carbonyl (C=O) groups excluding carboxylic acids is 1. The Morgan fingerprint density at radius 1 is 1.06 bits per heavy atom. The first kappa shape index (κ1) is 11.5. The minimum absolute atomic E-state index is 0.139. The average molecular weight is 228 g/mol. The summed E-state index contributed by atoms with van der Waals surface area (Å²) in [6.45, 7) is 2.03. The number of hydrogen-bond donors (Lipinski definition) is 0. The topological polar surface area (TPSA) is 17.1 Å². The van der Waals surface area contributed by atoms with Crippen LogP contribution in [0.3, 0.4) is 0 Å². The monoisotopic (exact) mass is 228 g/mol. The smallest absolute Gasteiger partial charge is 0.193 e. The lowest BCUT2D eigenvalue weighted by molar-refractivity contribution is 0.103. The molecule has 0 unspecified atom stereocenters. The average Bonchev–Trinajstić information content (AvgIpc) is 2.38. The van der Waals surface area contributed by atoms with Gasteiger partial charge in [-0.05, 0) is 30.2 Å². The van der Waals surface area contributed by atoms with Crippen LogP contribution in [0.15, 0.2) is 48.5 Å². The molecule has 2 rings (SSSR count). The van der Waals surface area contributed by atoms with E-state index < -0.39 is 0 Å². The first-order chi connectivity index (χ1) is 8.20. The Morgan fingerprint density at radius 2 is 1.71 bits per heavy atom. The lowest BCUT2D eigenvalue weighted by Gasteiger charge is -2.03. The third-order valence-electron chi connectivity index (χ3n) is 2.68. The molecule has 86 valence electrons. The first-order valence-corrected chi connectivity index (χ1v) is 5.60. The van der Waals surface area contributed by atoms with E-state index in [1.807, 2.05) is 25.1 Å². The van der Waals surface area contributed by atoms with Gasteiger partial charge in [-0.25, -0.2) is 4.39 Å². The number of rotatable bonds is 3. The molecule has 0 aliphatic heterocycles. The molecule has 0 saturated carbocycles. The van der Waals surface area contributed by atoms with Gasteiger partial charge in [0.1, 0.15) is 5.82 Å². The van der Waals surface area contributed by atoms with Crippen LogP contribution in [0.1, 0.15) is 28.4 Å². The van der Waals surface area contributed by atoms with Crippen molar-refractivity contribution in [1.82, 2.24) is 0 Å². The molecular formula is C15H13FO. The molecule has 0 amide bonds. The van der Waals surface area contributed by atoms with Crippen LogP contribution in [0, 0.1) is 5.82 Å². The maximum atomic E-state index is 13.0. The van der Waals surface area contributed by atoms with Gasteiger partial charge in [0.25, 0.3) is 0 Å². The lowest BCUT2D eigenvalue weighted by atomic mass is 10.0. The third kappa shape index (κ3) is 2.59. The summed E-state index contributed by atoms with van der Waals surface area (Å²) < 4.78 is 13.0. The van der Waals surface area contributed by atoms with Crippen LogP contribution >= 0.6 is 0 Å². The lowest BCUT2D eigenvalue weighted by Crippen LogP contribution is -2.02. The van der Waals surface area contributed by atoms with Gasteiger partial charge < -0.3 is 0 Å². The van der Waals surface area contributed by atoms with Gasteiger partial charge in [-0.1, -0.05) is 37.3 Å². The zero-order valence-corrected chi connectivity index (χ0v) is 9.61. The minimum atomic E-state index is -0.387. The predicted molar refractivity (Wildman–Crippen MR) is 65.7 cm³/mol. The second kappa shape index (κ2) is 4.91. The number of aryl methyl sites for hydroxylation is 1. The van der Waals surface area contributed by atoms with Crippen molar-refractivity contribution in [2.45, 2.75) is 13.3 Å². The van der Waals surface area contributed by atoms with Gasteiger partial charge in [-0.2, -0.15) is 0 Å². The van der Waals surface area contributed by atoms with Crippen molar-refractivity contribution < 1.29 is 9.18 Å². The summed E-state index contributed by atoms with van der Waals surface area (Å²) in [5.41, 5.74) is 2.10. The SMILES string of the molecule is CCc1cccc(C(=O)c2cccc(F)c2)c1. The molecule has 0 heterocycles. The standard InChI is InChI=1S/C15H13FO/c1-2-11-5-3-6-12(9-11)15(17)13-7-4-8-14(16)10-13/h3-10H,2H2,1H3. The van der Waals surface area contributed by atoms with E-state index in [9.17, 15) is 9.18 Å². The zero-order chi connectivity index (χ0) is 12.3. The highest BCUT2D eigenvalue weighted by Gasteiger charge is 2.09. The van der Waals surface area contributed by atoms with Crippen molar-refractivity contribution in [3.8, 4) is 0 Å². The maximum Gasteiger partial charge on any atom is 0.193 e. The molecule has 0 fully saturated rings. The van der Waals surface area contributed by atoms with E-state index >= 15 is 0 Å². The molecule has 0 saturated heterocycles. The van der Waals surface area contributed by atoms with E-state index in [2.05, 4.69) is 0 Å². The fourth-order valence-corrected chi connectivity index (χ4v) is 1.73. The van der Waals surface area contributed by atoms with Crippen LogP contribution in [-0.4, -0.2) is 5.78 Å². The van der Waals surface area contributed by atoms with E-state index in [1.165, 1.54) is 12.1 Å². The van der Waals surface area contributed by atoms with Crippen molar-refractivity contribution in [2.75, 3.05) is 0 Å². The van der Waals surface area contributed by atoms with Crippen molar-refractivity contribution in [1.29, 1.82) is 0 Å². The Balaban J connectivity index is 2.36. The summed E-state index contributed by atoms with van der Waals surface area (Å²) in [4.78, 5) is 12.1. The van der Waals surface area contributed by atoms with Crippen LogP contribution in [-0.2, 0) is 6.42 Å². The van der Waals surface area contributed by atoms with Crippen LogP contribution in [0.5, 0.6) is 0 Å². The van der Waals surface area contributed by atoms with Crippen LogP contribution in [0.4, 0.5) is 4.39 Å². The van der Waals surface area contributed by atoms with Gasteiger partial charge in [0.05, 0.1) is 0 Å². The quantitative estimate of drug-likeness (QED) is 0.733. The summed E-state index contributed by atoms with van der Waals surface area (Å²) in [7, 11) is 0. The molecule has 2 aromatic carbocycles. The Labute approximate surface area is 99.9 Å². The fourth-order valence-electron chi connectivity index (χ4n) is 1.73. The molecule has 2 aromatic rings. The minimum Gasteiger partial charge on any atom is -0.289 e. The molecule has 17 heavy (non-hydrogen) atoms. The van der Waals surface area contributed by atoms with Crippen molar-refractivity contribution in [2.24, 2.45) is 0 Å². The summed E-state index contributed by atoms with van der Waals surface area (Å²) in [6.07, 6.45) is 0.879. The normalized spacial score (nSPS) is 10.2. The Hall–Kier alpha value is -1.96. The van der Waals surface area contributed by atoms with E-state index in [0.717, 1.165) is 12.0 Å². The molecule has 0 aromatic heterocycles. The van der Waals surface area contributed by atoms with E-state index in [-0.39, 0.29) is 11.6 Å². The van der Waals surface area contributed by atoms with Gasteiger partial charge in [0.15, 0.2) is 5.78 Å².